The van der Waals surface area contributed by atoms with Gasteiger partial charge in [0.05, 0.1) is 5.56 Å². The van der Waals surface area contributed by atoms with Crippen LogP contribution in [0.4, 0.5) is 4.39 Å². The van der Waals surface area contributed by atoms with Gasteiger partial charge in [0.25, 0.3) is 5.89 Å². The molecule has 1 aromatic carbocycles. The lowest BCUT2D eigenvalue weighted by Gasteiger charge is -2.19. The number of carbonyl (C=O) groups is 2. The molecule has 1 heterocycles. The zero-order chi connectivity index (χ0) is 18.8. The Balaban J connectivity index is 2.22. The van der Waals surface area contributed by atoms with Gasteiger partial charge in [-0.3, -0.25) is 4.79 Å². The summed E-state index contributed by atoms with van der Waals surface area (Å²) in [6, 6.07) is 3.89. The lowest BCUT2D eigenvalue weighted by atomic mass is 10.1. The molecule has 0 bridgehead atoms. The van der Waals surface area contributed by atoms with Crippen molar-refractivity contribution < 1.29 is 28.0 Å². The van der Waals surface area contributed by atoms with Gasteiger partial charge in [0.2, 0.25) is 5.82 Å². The molecule has 0 aliphatic heterocycles. The molecule has 1 atom stereocenters. The predicted octanol–water partition coefficient (Wildman–Crippen LogP) is 3.46. The fraction of sp³-hybridized carbons (Fsp3) is 0.412. The van der Waals surface area contributed by atoms with Crippen molar-refractivity contribution in [1.82, 2.24) is 10.1 Å². The molecule has 0 N–H and O–H groups in total. The molecule has 0 aliphatic rings. The van der Waals surface area contributed by atoms with E-state index in [0.717, 1.165) is 6.07 Å². The highest BCUT2D eigenvalue weighted by Crippen LogP contribution is 2.23. The Hall–Kier alpha value is -2.77. The maximum Gasteiger partial charge on any atom is 0.341 e. The first-order valence-electron chi connectivity index (χ1n) is 7.61. The van der Waals surface area contributed by atoms with Crippen molar-refractivity contribution in [3.8, 4) is 11.4 Å². The number of halogens is 1. The molecule has 2 rings (SSSR count). The summed E-state index contributed by atoms with van der Waals surface area (Å²) in [5.74, 6) is -1.80. The Labute approximate surface area is 144 Å². The first-order chi connectivity index (χ1) is 11.6. The van der Waals surface area contributed by atoms with Crippen LogP contribution in [-0.2, 0) is 14.3 Å². The molecule has 0 radical (unpaired) electrons. The van der Waals surface area contributed by atoms with Crippen molar-refractivity contribution in [3.63, 3.8) is 0 Å². The summed E-state index contributed by atoms with van der Waals surface area (Å²) < 4.78 is 29.3. The quantitative estimate of drug-likeness (QED) is 0.780. The van der Waals surface area contributed by atoms with E-state index in [-0.39, 0.29) is 17.3 Å². The molecule has 134 valence electrons. The highest BCUT2D eigenvalue weighted by atomic mass is 19.1. The second-order valence-corrected chi connectivity index (χ2v) is 6.40. The van der Waals surface area contributed by atoms with Crippen LogP contribution in [-0.4, -0.2) is 27.7 Å². The van der Waals surface area contributed by atoms with Gasteiger partial charge < -0.3 is 14.0 Å². The zero-order valence-electron chi connectivity index (χ0n) is 14.6. The monoisotopic (exact) mass is 350 g/mol. The molecular formula is C17H19FN2O5. The Morgan fingerprint density at radius 3 is 2.52 bits per heavy atom. The Kier molecular flexibility index (Phi) is 5.20. The number of aromatic nitrogens is 2. The van der Waals surface area contributed by atoms with Crippen LogP contribution in [0.1, 0.15) is 57.0 Å². The van der Waals surface area contributed by atoms with Crippen LogP contribution in [0, 0.1) is 5.82 Å². The molecule has 7 nitrogen and oxygen atoms in total. The average Bonchev–Trinajstić information content (AvgIpc) is 2.94. The highest BCUT2D eigenvalue weighted by Gasteiger charge is 2.22. The molecule has 0 saturated heterocycles. The molecule has 0 spiro atoms. The SMILES string of the molecule is CC(=O)O[C@@H](C)c1nc(-c2ccc(C(=O)OC(C)(C)C)c(F)c2)no1. The van der Waals surface area contributed by atoms with Gasteiger partial charge in [-0.1, -0.05) is 5.16 Å². The van der Waals surface area contributed by atoms with Gasteiger partial charge in [-0.05, 0) is 45.9 Å². The molecule has 8 heteroatoms. The maximum atomic E-state index is 14.2. The van der Waals surface area contributed by atoms with E-state index in [0.29, 0.717) is 5.56 Å². The summed E-state index contributed by atoms with van der Waals surface area (Å²) in [6.45, 7) is 7.93. The number of hydrogen-bond donors (Lipinski definition) is 0. The van der Waals surface area contributed by atoms with Gasteiger partial charge in [0.15, 0.2) is 6.10 Å². The Bertz CT molecular complexity index is 795. The second kappa shape index (κ2) is 7.00. The summed E-state index contributed by atoms with van der Waals surface area (Å²) in [7, 11) is 0. The standard InChI is InChI=1S/C17H19FN2O5/c1-9(23-10(2)21)15-19-14(20-25-15)11-6-7-12(13(18)8-11)16(22)24-17(3,4)5/h6-9H,1-5H3/t9-/m0/s1. The van der Waals surface area contributed by atoms with E-state index in [9.17, 15) is 14.0 Å². The number of rotatable bonds is 4. The second-order valence-electron chi connectivity index (χ2n) is 6.40. The van der Waals surface area contributed by atoms with Gasteiger partial charge in [-0.15, -0.1) is 0 Å². The van der Waals surface area contributed by atoms with Gasteiger partial charge >= 0.3 is 11.9 Å². The minimum atomic E-state index is -0.758. The molecule has 0 aliphatic carbocycles. The van der Waals surface area contributed by atoms with Crippen LogP contribution >= 0.6 is 0 Å². The van der Waals surface area contributed by atoms with Crippen LogP contribution in [0.5, 0.6) is 0 Å². The summed E-state index contributed by atoms with van der Waals surface area (Å²) in [6.07, 6.45) is -0.718. The summed E-state index contributed by atoms with van der Waals surface area (Å²) in [5.41, 5.74) is -0.594. The number of nitrogens with zero attached hydrogens (tertiary/aromatic N) is 2. The largest absolute Gasteiger partial charge is 0.456 e. The molecule has 0 unspecified atom stereocenters. The Morgan fingerprint density at radius 1 is 1.28 bits per heavy atom. The van der Waals surface area contributed by atoms with E-state index < -0.39 is 29.5 Å². The van der Waals surface area contributed by atoms with Crippen molar-refractivity contribution in [1.29, 1.82) is 0 Å². The fourth-order valence-corrected chi connectivity index (χ4v) is 1.97. The first kappa shape index (κ1) is 18.6. The lowest BCUT2D eigenvalue weighted by molar-refractivity contribution is -0.147. The van der Waals surface area contributed by atoms with Crippen molar-refractivity contribution in [2.45, 2.75) is 46.3 Å². The third-order valence-corrected chi connectivity index (χ3v) is 2.98. The van der Waals surface area contributed by atoms with Gasteiger partial charge in [0, 0.05) is 12.5 Å². The fourth-order valence-electron chi connectivity index (χ4n) is 1.97. The maximum absolute atomic E-state index is 14.2. The molecular weight excluding hydrogens is 331 g/mol. The first-order valence-corrected chi connectivity index (χ1v) is 7.61. The highest BCUT2D eigenvalue weighted by molar-refractivity contribution is 5.90. The van der Waals surface area contributed by atoms with E-state index in [1.807, 2.05) is 0 Å². The number of carbonyl (C=O) groups excluding carboxylic acids is 2. The van der Waals surface area contributed by atoms with Crippen LogP contribution in [0.25, 0.3) is 11.4 Å². The Morgan fingerprint density at radius 2 is 1.96 bits per heavy atom. The normalized spacial score (nSPS) is 12.6. The van der Waals surface area contributed by atoms with Gasteiger partial charge in [-0.2, -0.15) is 4.98 Å². The summed E-state index contributed by atoms with van der Waals surface area (Å²) >= 11 is 0. The predicted molar refractivity (Wildman–Crippen MR) is 85.0 cm³/mol. The zero-order valence-corrected chi connectivity index (χ0v) is 14.6. The minimum Gasteiger partial charge on any atom is -0.456 e. The molecule has 25 heavy (non-hydrogen) atoms. The number of esters is 2. The third-order valence-electron chi connectivity index (χ3n) is 2.98. The molecule has 1 aromatic heterocycles. The van der Waals surface area contributed by atoms with E-state index in [1.54, 1.807) is 27.7 Å². The topological polar surface area (TPSA) is 91.5 Å². The van der Waals surface area contributed by atoms with Gasteiger partial charge in [-0.25, -0.2) is 9.18 Å². The van der Waals surface area contributed by atoms with Crippen LogP contribution in [0.15, 0.2) is 22.7 Å². The smallest absolute Gasteiger partial charge is 0.341 e. The number of ether oxygens (including phenoxy) is 2. The van der Waals surface area contributed by atoms with Crippen LogP contribution in [0.3, 0.4) is 0 Å². The summed E-state index contributed by atoms with van der Waals surface area (Å²) in [5, 5.41) is 3.73. The molecule has 0 saturated carbocycles. The van der Waals surface area contributed by atoms with Crippen molar-refractivity contribution in [2.75, 3.05) is 0 Å². The van der Waals surface area contributed by atoms with E-state index >= 15 is 0 Å². The van der Waals surface area contributed by atoms with Crippen molar-refractivity contribution >= 4 is 11.9 Å². The molecule has 0 fully saturated rings. The lowest BCUT2D eigenvalue weighted by Crippen LogP contribution is -2.24. The van der Waals surface area contributed by atoms with E-state index in [2.05, 4.69) is 10.1 Å². The van der Waals surface area contributed by atoms with Crippen molar-refractivity contribution in [3.05, 3.63) is 35.5 Å². The summed E-state index contributed by atoms with van der Waals surface area (Å²) in [4.78, 5) is 27.0. The molecule has 0 amide bonds. The third kappa shape index (κ3) is 4.85. The van der Waals surface area contributed by atoms with Crippen molar-refractivity contribution in [2.24, 2.45) is 0 Å². The minimum absolute atomic E-state index is 0.0850. The van der Waals surface area contributed by atoms with Crippen LogP contribution < -0.4 is 0 Å². The molecule has 2 aromatic rings. The van der Waals surface area contributed by atoms with E-state index in [1.165, 1.54) is 19.1 Å². The number of benzene rings is 1. The van der Waals surface area contributed by atoms with Crippen LogP contribution in [0.2, 0.25) is 0 Å². The number of hydrogen-bond acceptors (Lipinski definition) is 7. The van der Waals surface area contributed by atoms with E-state index in [4.69, 9.17) is 14.0 Å². The average molecular weight is 350 g/mol. The van der Waals surface area contributed by atoms with Gasteiger partial charge in [0.1, 0.15) is 11.4 Å².